The highest BCUT2D eigenvalue weighted by atomic mass is 31.2. The zero-order valence-corrected chi connectivity index (χ0v) is 90.8. The second-order valence-electron chi connectivity index (χ2n) is 37.1. The van der Waals surface area contributed by atoms with Crippen LogP contribution in [0.3, 0.4) is 0 Å². The number of phosphoric ester groups is 1. The molecule has 8 amide bonds. The van der Waals surface area contributed by atoms with Crippen LogP contribution in [0, 0.1) is 0 Å². The predicted octanol–water partition coefficient (Wildman–Crippen LogP) is 1.01. The topological polar surface area (TPSA) is 727 Å². The monoisotopic (exact) mass is 2190 g/mol. The van der Waals surface area contributed by atoms with Gasteiger partial charge in [0.2, 0.25) is 47.3 Å². The van der Waals surface area contributed by atoms with Crippen molar-refractivity contribution in [2.45, 2.75) is 363 Å². The lowest BCUT2D eigenvalue weighted by atomic mass is 9.97. The molecule has 0 bridgehead atoms. The number of esters is 2. The molecule has 3 aliphatic rings. The Kier molecular flexibility index (Phi) is 86.8. The molecule has 0 saturated carbocycles. The van der Waals surface area contributed by atoms with Crippen LogP contribution in [-0.4, -0.2) is 425 Å². The molecule has 2 unspecified atom stereocenters. The lowest BCUT2D eigenvalue weighted by Gasteiger charge is -2.42. The number of aliphatic hydroxyl groups excluding tert-OH is 9. The van der Waals surface area contributed by atoms with Crippen molar-refractivity contribution < 1.29 is 188 Å². The molecule has 3 aliphatic heterocycles. The van der Waals surface area contributed by atoms with Crippen LogP contribution in [0.25, 0.3) is 0 Å². The highest BCUT2D eigenvalue weighted by molar-refractivity contribution is 7.45. The van der Waals surface area contributed by atoms with E-state index in [1.165, 1.54) is 154 Å². The summed E-state index contributed by atoms with van der Waals surface area (Å²) in [6, 6.07) is -4.65. The normalized spacial score (nSPS) is 21.4. The summed E-state index contributed by atoms with van der Waals surface area (Å²) >= 11 is 0. The van der Waals surface area contributed by atoms with Gasteiger partial charge in [0, 0.05) is 66.3 Å². The molecule has 50 nitrogen and oxygen atoms in total. The van der Waals surface area contributed by atoms with E-state index in [4.69, 9.17) is 84.8 Å². The fourth-order valence-electron chi connectivity index (χ4n) is 16.3. The molecule has 0 aromatic heterocycles. The Labute approximate surface area is 885 Å². The van der Waals surface area contributed by atoms with E-state index in [1.54, 1.807) is 0 Å². The van der Waals surface area contributed by atoms with Crippen molar-refractivity contribution >= 4 is 67.0 Å². The summed E-state index contributed by atoms with van der Waals surface area (Å²) < 4.78 is 113. The summed E-state index contributed by atoms with van der Waals surface area (Å²) in [5, 5.41) is 113. The molecule has 18 atom stereocenters. The Hall–Kier alpha value is -6.23. The van der Waals surface area contributed by atoms with Crippen LogP contribution in [0.15, 0.2) is 0 Å². The second kappa shape index (κ2) is 91.8. The average Bonchev–Trinajstić information content (AvgIpc) is 0.814. The van der Waals surface area contributed by atoms with Crippen molar-refractivity contribution in [3.05, 3.63) is 0 Å². The highest BCUT2D eigenvalue weighted by Gasteiger charge is 2.48. The summed E-state index contributed by atoms with van der Waals surface area (Å²) in [5.74, 6) is -5.69. The molecule has 0 aliphatic carbocycles. The number of hydrogen-bond acceptors (Lipinski definition) is 40. The first-order chi connectivity index (χ1) is 71.5. The van der Waals surface area contributed by atoms with Gasteiger partial charge in [-0.25, -0.2) is 0 Å². The molecular formula is C99H188N11O39P. The number of rotatable bonds is 96. The number of aliphatic hydroxyl groups is 9. The minimum atomic E-state index is -5.05. The van der Waals surface area contributed by atoms with Crippen LogP contribution in [0.5, 0.6) is 0 Å². The fraction of sp³-hybridized carbons (Fsp3) is 0.899. The minimum Gasteiger partial charge on any atom is -0.756 e. The largest absolute Gasteiger partial charge is 0.756 e. The summed E-state index contributed by atoms with van der Waals surface area (Å²) in [6.45, 7) is 1.84. The lowest BCUT2D eigenvalue weighted by molar-refractivity contribution is -0.272. The number of phosphoric acid groups is 1. The first-order valence-corrected chi connectivity index (χ1v) is 55.1. The first-order valence-electron chi connectivity index (χ1n) is 53.7. The minimum absolute atomic E-state index is 0. The van der Waals surface area contributed by atoms with Gasteiger partial charge >= 0.3 is 11.9 Å². The molecule has 3 saturated heterocycles. The van der Waals surface area contributed by atoms with E-state index < -0.39 is 237 Å². The SMILES string of the molecule is CCCCCCCCCCCCCCCCCC(=O)OC[C@H](COP(=O)([O-])OCCNC(=O)COCCOCC(=O)NCCCCC(C(=O)NCCOCCOCCO[C@H]1O[C@@H](CO)[C@@H](O)[C@@H](O)[C@@H]1NC(C)=O)N(CC(=O)NCCOCCOCCO[C@H]1O[C@@H](CO)[C@@H](O)[C@@H](O)[C@@H]1NC(C)=O)CC(=O)NCCOCCOCCO[C@H]1O[C@@H](CO)[C@@H](O)[C@@H](O)[C@@H]1NC(C)=O)OC(=O)CCCCCCCCCCCCCCCCC.[NH4+].[NH]. The number of amides is 8. The molecule has 0 aromatic rings. The fourth-order valence-corrected chi connectivity index (χ4v) is 17.0. The molecule has 878 valence electrons. The van der Waals surface area contributed by atoms with E-state index in [1.807, 2.05) is 0 Å². The number of nitrogens with zero attached hydrogens (tertiary/aromatic N) is 1. The van der Waals surface area contributed by atoms with Gasteiger partial charge in [-0.15, -0.1) is 0 Å². The van der Waals surface area contributed by atoms with Crippen LogP contribution in [-0.2, 0) is 137 Å². The third-order valence-corrected chi connectivity index (χ3v) is 25.3. The first kappa shape index (κ1) is 142. The molecule has 0 spiro atoms. The lowest BCUT2D eigenvalue weighted by Crippen LogP contribution is -2.64. The standard InChI is InChI=1S/C99H184N9O39P.H3N.HN/c1-6-8-10-12-14-16-18-20-22-24-26-28-30-32-34-39-85(119)141-69-76(144-86(120)40-35-33-31-29-27-25-23-21-19-17-15-13-11-9-7-2)70-143-148(128,129)142-49-45-103-84(118)72-137-57-56-136-71-83(117)100-41-37-36-38-77(96(127)104-44-48-132-52-55-135-60-63-140-99-89(107-75(5)114)95(126)92(123)80(68-111)147-99)108(64-81(115)101-42-46-130-50-53-133-58-61-138-97-87(105-73(3)112)93(124)90(121)78(66-109)145-97)65-82(116)102-43-47-131-51-54-134-59-62-139-98-88(106-74(4)113)94(125)91(122)79(67-110)146-98;;/h76-80,87-95,97-99,109-111,121-126H,6-72H2,1-5H3,(H,100,117)(H,101,115)(H,102,116)(H,103,118)(H,104,127)(H,105,112)(H,106,113)(H,107,114)(H,128,129);1H3;1H/t76-,77?,78+,79+,80+,87+,88+,89+,90-,91-,92-,93+,94+,95+,97+,98+,99+;;/m1../s1. The van der Waals surface area contributed by atoms with Crippen molar-refractivity contribution in [1.82, 2.24) is 59.7 Å². The Morgan fingerprint density at radius 2 is 0.647 bits per heavy atom. The van der Waals surface area contributed by atoms with E-state index in [2.05, 4.69) is 56.4 Å². The van der Waals surface area contributed by atoms with Crippen molar-refractivity contribution in [1.29, 1.82) is 0 Å². The molecule has 2 radical (unpaired) electrons. The number of unbranched alkanes of at least 4 members (excludes halogenated alkanes) is 29. The molecule has 51 heteroatoms. The van der Waals surface area contributed by atoms with Gasteiger partial charge < -0.3 is 184 Å². The molecular weight excluding hydrogens is 2000 g/mol. The summed E-state index contributed by atoms with van der Waals surface area (Å²) in [5.41, 5.74) is 0. The van der Waals surface area contributed by atoms with Gasteiger partial charge in [0.05, 0.1) is 164 Å². The summed E-state index contributed by atoms with van der Waals surface area (Å²) in [7, 11) is -5.05. The van der Waals surface area contributed by atoms with Crippen LogP contribution in [0.2, 0.25) is 0 Å². The van der Waals surface area contributed by atoms with Gasteiger partial charge in [-0.1, -0.05) is 194 Å². The zero-order valence-electron chi connectivity index (χ0n) is 89.9. The maximum absolute atomic E-state index is 14.5. The summed E-state index contributed by atoms with van der Waals surface area (Å²) in [4.78, 5) is 144. The van der Waals surface area contributed by atoms with E-state index in [-0.39, 0.29) is 189 Å². The van der Waals surface area contributed by atoms with Crippen molar-refractivity contribution in [3.8, 4) is 0 Å². The van der Waals surface area contributed by atoms with Crippen molar-refractivity contribution in [2.75, 3.05) is 211 Å². The van der Waals surface area contributed by atoms with Crippen LogP contribution < -0.4 is 59.7 Å². The molecule has 22 N–H and O–H groups in total. The smallest absolute Gasteiger partial charge is 0.306 e. The highest BCUT2D eigenvalue weighted by Crippen LogP contribution is 2.38. The van der Waals surface area contributed by atoms with E-state index in [0.717, 1.165) is 51.4 Å². The van der Waals surface area contributed by atoms with Gasteiger partial charge in [-0.2, -0.15) is 6.15 Å². The third-order valence-electron chi connectivity index (χ3n) is 24.4. The van der Waals surface area contributed by atoms with Crippen LogP contribution in [0.4, 0.5) is 0 Å². The number of hydrogen-bond donors (Lipinski definition) is 18. The van der Waals surface area contributed by atoms with Gasteiger partial charge in [-0.3, -0.25) is 57.4 Å². The Bertz CT molecular complexity index is 3420. The number of carbonyl (C=O) groups excluding carboxylic acids is 10. The number of nitrogens with one attached hydrogen (secondary N) is 9. The second-order valence-corrected chi connectivity index (χ2v) is 38.5. The maximum atomic E-state index is 14.5. The predicted molar refractivity (Wildman–Crippen MR) is 543 cm³/mol. The van der Waals surface area contributed by atoms with Crippen LogP contribution >= 0.6 is 7.82 Å². The molecule has 0 aromatic carbocycles. The van der Waals surface area contributed by atoms with Crippen molar-refractivity contribution in [3.63, 3.8) is 0 Å². The molecule has 3 rings (SSSR count). The summed E-state index contributed by atoms with van der Waals surface area (Å²) in [6.07, 6.45) is 18.1. The average molecular weight is 2190 g/mol. The number of ether oxygens (including phenoxy) is 16. The van der Waals surface area contributed by atoms with Gasteiger partial charge in [-0.05, 0) is 32.1 Å². The van der Waals surface area contributed by atoms with Gasteiger partial charge in [0.15, 0.2) is 25.0 Å². The Morgan fingerprint density at radius 1 is 0.347 bits per heavy atom. The van der Waals surface area contributed by atoms with Gasteiger partial charge in [0.1, 0.15) is 92.9 Å². The quantitative estimate of drug-likeness (QED) is 0.0229. The zero-order chi connectivity index (χ0) is 108. The van der Waals surface area contributed by atoms with Crippen molar-refractivity contribution in [2.24, 2.45) is 0 Å². The van der Waals surface area contributed by atoms with Gasteiger partial charge in [0.25, 0.3) is 7.82 Å². The Morgan fingerprint density at radius 3 is 0.993 bits per heavy atom. The number of quaternary nitrogens is 1. The third kappa shape index (κ3) is 69.7. The Balaban J connectivity index is 0.0000562. The van der Waals surface area contributed by atoms with E-state index in [9.17, 15) is 103 Å². The number of carbonyl (C=O) groups is 10. The van der Waals surface area contributed by atoms with E-state index >= 15 is 0 Å². The van der Waals surface area contributed by atoms with Crippen LogP contribution in [0.1, 0.15) is 259 Å². The maximum Gasteiger partial charge on any atom is 0.306 e. The molecule has 150 heavy (non-hydrogen) atoms. The molecule has 3 fully saturated rings. The molecule has 3 heterocycles. The van der Waals surface area contributed by atoms with E-state index in [0.29, 0.717) is 12.8 Å².